The summed E-state index contributed by atoms with van der Waals surface area (Å²) in [4.78, 5) is 22.7. The van der Waals surface area contributed by atoms with Crippen molar-refractivity contribution < 1.29 is 9.53 Å². The molecule has 98 valence electrons. The third-order valence-electron chi connectivity index (χ3n) is 3.54. The Hall–Kier alpha value is -1.85. The first-order valence-corrected chi connectivity index (χ1v) is 6.65. The molecule has 1 aliphatic heterocycles. The highest BCUT2D eigenvalue weighted by molar-refractivity contribution is 6.87. The number of pyridine rings is 1. The predicted molar refractivity (Wildman–Crippen MR) is 74.9 cm³/mol. The van der Waals surface area contributed by atoms with Crippen molar-refractivity contribution in [3.63, 3.8) is 0 Å². The van der Waals surface area contributed by atoms with Crippen molar-refractivity contribution in [3.8, 4) is 0 Å². The monoisotopic (exact) mass is 257 g/mol. The molecule has 0 N–H and O–H groups in total. The van der Waals surface area contributed by atoms with Crippen LogP contribution in [0, 0.1) is 0 Å². The van der Waals surface area contributed by atoms with Gasteiger partial charge in [-0.25, -0.2) is 14.8 Å². The van der Waals surface area contributed by atoms with E-state index in [1.165, 1.54) is 12.8 Å². The molecular formula is C13H16BN3O2. The van der Waals surface area contributed by atoms with E-state index in [9.17, 15) is 4.79 Å². The highest BCUT2D eigenvalue weighted by Crippen LogP contribution is 2.27. The van der Waals surface area contributed by atoms with Crippen LogP contribution < -0.4 is 5.46 Å². The van der Waals surface area contributed by atoms with Crippen LogP contribution in [-0.4, -0.2) is 48.6 Å². The smallest absolute Gasteiger partial charge is 0.339 e. The van der Waals surface area contributed by atoms with Crippen LogP contribution in [0.25, 0.3) is 0 Å². The first kappa shape index (κ1) is 12.2. The summed E-state index contributed by atoms with van der Waals surface area (Å²) >= 11 is 0. The molecule has 1 fully saturated rings. The van der Waals surface area contributed by atoms with Gasteiger partial charge in [-0.15, -0.1) is 0 Å². The van der Waals surface area contributed by atoms with E-state index in [0.29, 0.717) is 18.2 Å². The third kappa shape index (κ3) is 2.34. The van der Waals surface area contributed by atoms with E-state index < -0.39 is 0 Å². The van der Waals surface area contributed by atoms with E-state index in [2.05, 4.69) is 21.9 Å². The number of esters is 1. The van der Waals surface area contributed by atoms with E-state index in [0.717, 1.165) is 24.3 Å². The van der Waals surface area contributed by atoms with Gasteiger partial charge in [0.25, 0.3) is 0 Å². The van der Waals surface area contributed by atoms with Crippen LogP contribution in [0.5, 0.6) is 0 Å². The van der Waals surface area contributed by atoms with E-state index >= 15 is 0 Å². The molecule has 0 atom stereocenters. The van der Waals surface area contributed by atoms with Gasteiger partial charge in [0.15, 0.2) is 0 Å². The van der Waals surface area contributed by atoms with Crippen LogP contribution in [0.2, 0.25) is 0 Å². The van der Waals surface area contributed by atoms with Crippen LogP contribution in [-0.2, 0) is 4.74 Å². The van der Waals surface area contributed by atoms with Gasteiger partial charge in [0.05, 0.1) is 17.9 Å². The molecule has 1 aromatic heterocycles. The quantitative estimate of drug-likeness (QED) is 0.581. The van der Waals surface area contributed by atoms with Crippen molar-refractivity contribution >= 4 is 30.3 Å². The van der Waals surface area contributed by atoms with Gasteiger partial charge in [0, 0.05) is 19.3 Å². The summed E-state index contributed by atoms with van der Waals surface area (Å²) in [7, 11) is 2.83. The van der Waals surface area contributed by atoms with Crippen LogP contribution >= 0.6 is 0 Å². The molecule has 0 radical (unpaired) electrons. The van der Waals surface area contributed by atoms with Gasteiger partial charge < -0.3 is 9.64 Å². The molecule has 0 unspecified atom stereocenters. The summed E-state index contributed by atoms with van der Waals surface area (Å²) in [6.45, 7) is 2.17. The number of amidine groups is 1. The summed E-state index contributed by atoms with van der Waals surface area (Å²) in [6, 6.07) is 2.48. The molecule has 1 saturated carbocycles. The average Bonchev–Trinajstić information content (AvgIpc) is 3.16. The summed E-state index contributed by atoms with van der Waals surface area (Å²) in [5, 5.41) is 0. The summed E-state index contributed by atoms with van der Waals surface area (Å²) in [5.74, 6) is 0.414. The Kier molecular flexibility index (Phi) is 3.01. The van der Waals surface area contributed by atoms with Gasteiger partial charge in [-0.3, -0.25) is 0 Å². The number of hydrogen-bond donors (Lipinski definition) is 0. The zero-order valence-corrected chi connectivity index (χ0v) is 11.2. The molecule has 2 aliphatic rings. The minimum atomic E-state index is -0.318. The maximum absolute atomic E-state index is 11.7. The largest absolute Gasteiger partial charge is 0.462 e. The average molecular weight is 257 g/mol. The maximum Gasteiger partial charge on any atom is 0.339 e. The van der Waals surface area contributed by atoms with Crippen molar-refractivity contribution in [2.75, 3.05) is 13.7 Å². The molecule has 5 nitrogen and oxygen atoms in total. The van der Waals surface area contributed by atoms with Gasteiger partial charge in [-0.2, -0.15) is 0 Å². The second-order valence-electron chi connectivity index (χ2n) is 4.97. The molecule has 1 aromatic rings. The topological polar surface area (TPSA) is 54.8 Å². The van der Waals surface area contributed by atoms with E-state index in [4.69, 9.17) is 4.74 Å². The summed E-state index contributed by atoms with van der Waals surface area (Å²) in [6.07, 6.45) is 4.03. The van der Waals surface area contributed by atoms with Gasteiger partial charge in [-0.05, 0) is 31.3 Å². The number of aliphatic imine (C=N–C) groups is 1. The number of rotatable bonds is 3. The second-order valence-corrected chi connectivity index (χ2v) is 4.97. The molecule has 6 heteroatoms. The fourth-order valence-electron chi connectivity index (χ4n) is 2.27. The second kappa shape index (κ2) is 4.68. The molecular weight excluding hydrogens is 241 g/mol. The van der Waals surface area contributed by atoms with Crippen molar-refractivity contribution in [1.29, 1.82) is 0 Å². The lowest BCUT2D eigenvalue weighted by molar-refractivity contribution is 0.0526. The Balaban J connectivity index is 1.78. The molecule has 1 aliphatic carbocycles. The highest BCUT2D eigenvalue weighted by atomic mass is 16.5. The summed E-state index contributed by atoms with van der Waals surface area (Å²) in [5.41, 5.74) is 2.56. The van der Waals surface area contributed by atoms with Gasteiger partial charge in [-0.1, -0.05) is 0 Å². The predicted octanol–water partition coefficient (Wildman–Crippen LogP) is 0.415. The van der Waals surface area contributed by atoms with Crippen molar-refractivity contribution in [1.82, 2.24) is 9.88 Å². The fraction of sp³-hybridized carbons (Fsp3) is 0.462. The number of hydrogen-bond acceptors (Lipinski definition) is 5. The Bertz CT molecular complexity index is 555. The lowest BCUT2D eigenvalue weighted by atomic mass is 9.70. The van der Waals surface area contributed by atoms with Gasteiger partial charge in [0.1, 0.15) is 5.82 Å². The third-order valence-corrected chi connectivity index (χ3v) is 3.54. The molecule has 0 spiro atoms. The number of nitrogens with zero attached hydrogens (tertiary/aromatic N) is 3. The zero-order chi connectivity index (χ0) is 13.4. The minimum Gasteiger partial charge on any atom is -0.462 e. The molecule has 19 heavy (non-hydrogen) atoms. The minimum absolute atomic E-state index is 0.318. The Morgan fingerprint density at radius 3 is 3.05 bits per heavy atom. The van der Waals surface area contributed by atoms with Crippen LogP contribution in [0.4, 0.5) is 5.82 Å². The highest BCUT2D eigenvalue weighted by Gasteiger charge is 2.31. The number of fused-ring (bicyclic) bond motifs is 1. The molecule has 0 amide bonds. The van der Waals surface area contributed by atoms with Crippen LogP contribution in [0.1, 0.15) is 30.1 Å². The number of ether oxygens (including phenoxy) is 1. The van der Waals surface area contributed by atoms with Gasteiger partial charge in [0.2, 0.25) is 7.28 Å². The van der Waals surface area contributed by atoms with E-state index in [-0.39, 0.29) is 5.97 Å². The van der Waals surface area contributed by atoms with Crippen LogP contribution in [0.15, 0.2) is 17.3 Å². The van der Waals surface area contributed by atoms with Crippen molar-refractivity contribution in [2.45, 2.75) is 25.8 Å². The van der Waals surface area contributed by atoms with Crippen molar-refractivity contribution in [2.24, 2.45) is 4.99 Å². The van der Waals surface area contributed by atoms with E-state index in [1.54, 1.807) is 13.1 Å². The molecule has 0 aromatic carbocycles. The van der Waals surface area contributed by atoms with E-state index in [1.807, 2.05) is 6.07 Å². The number of carbonyl (C=O) groups is 1. The first-order valence-electron chi connectivity index (χ1n) is 6.65. The lowest BCUT2D eigenvalue weighted by Gasteiger charge is -2.17. The lowest BCUT2D eigenvalue weighted by Crippen LogP contribution is -2.35. The van der Waals surface area contributed by atoms with Crippen molar-refractivity contribution in [3.05, 3.63) is 17.8 Å². The van der Waals surface area contributed by atoms with Gasteiger partial charge >= 0.3 is 5.97 Å². The normalized spacial score (nSPS) is 16.4. The number of aromatic nitrogens is 1. The summed E-state index contributed by atoms with van der Waals surface area (Å²) < 4.78 is 4.98. The molecule has 0 bridgehead atoms. The molecule has 0 saturated heterocycles. The molecule has 3 rings (SSSR count). The van der Waals surface area contributed by atoms with Crippen LogP contribution in [0.3, 0.4) is 0 Å². The SMILES string of the molecule is CCOC(=O)c1cnc2c(c1)BC(N(C)C1CC1)=N2. The first-order chi connectivity index (χ1) is 9.19. The standard InChI is InChI=1S/C13H16BN3O2/c1-3-19-12(18)8-6-10-11(15-7-8)16-13(14-10)17(2)9-4-5-9/h6-7,9,14H,3-5H2,1-2H3. The Morgan fingerprint density at radius 2 is 2.37 bits per heavy atom. The molecule has 2 heterocycles. The Labute approximate surface area is 112 Å². The zero-order valence-electron chi connectivity index (χ0n) is 11.2. The fourth-order valence-corrected chi connectivity index (χ4v) is 2.27. The number of carbonyl (C=O) groups excluding carboxylic acids is 1. The Morgan fingerprint density at radius 1 is 1.58 bits per heavy atom. The maximum atomic E-state index is 11.7.